The third kappa shape index (κ3) is 5.50. The predicted octanol–water partition coefficient (Wildman–Crippen LogP) is 5.66. The molecule has 4 aromatic rings. The standard InChI is InChI=1S/C31H27F5N4O4S/c32-24-25(33)27(35)29(28(36)26(24)34)45(43,44)40-13-12-23(40)31(42)39(21-10-11-22-20(14-21)15-37-38-30(22)41)16-17-6-8-19(9-7-17)18-4-2-1-3-5-18/h6-11,14-15,18,23H,1-5,12-13,16H2,(H,38,41)/t23-/m1/s1. The molecule has 2 fully saturated rings. The molecule has 1 aromatic heterocycles. The molecule has 45 heavy (non-hydrogen) atoms. The van der Waals surface area contributed by atoms with Crippen LogP contribution >= 0.6 is 0 Å². The number of carbonyl (C=O) groups excluding carboxylic acids is 1. The largest absolute Gasteiger partial charge is 0.307 e. The van der Waals surface area contributed by atoms with Gasteiger partial charge in [0.2, 0.25) is 21.7 Å². The van der Waals surface area contributed by atoms with Gasteiger partial charge in [0, 0.05) is 17.6 Å². The Morgan fingerprint density at radius 2 is 1.53 bits per heavy atom. The van der Waals surface area contributed by atoms with Crippen LogP contribution in [0.5, 0.6) is 0 Å². The van der Waals surface area contributed by atoms with E-state index in [0.717, 1.165) is 25.7 Å². The van der Waals surface area contributed by atoms with Gasteiger partial charge in [-0.1, -0.05) is 43.5 Å². The molecule has 0 bridgehead atoms. The van der Waals surface area contributed by atoms with Crippen LogP contribution in [0.15, 0.2) is 58.4 Å². The van der Waals surface area contributed by atoms with E-state index >= 15 is 0 Å². The Bertz CT molecular complexity index is 1930. The third-order valence-corrected chi connectivity index (χ3v) is 10.5. The maximum atomic E-state index is 14.6. The number of aromatic nitrogens is 2. The highest BCUT2D eigenvalue weighted by Crippen LogP contribution is 2.36. The molecule has 2 aliphatic rings. The van der Waals surface area contributed by atoms with Crippen LogP contribution in [0.1, 0.15) is 55.6 Å². The van der Waals surface area contributed by atoms with E-state index in [9.17, 15) is 40.0 Å². The molecule has 8 nitrogen and oxygen atoms in total. The molecule has 6 rings (SSSR count). The number of rotatable bonds is 7. The summed E-state index contributed by atoms with van der Waals surface area (Å²) >= 11 is 0. The average Bonchev–Trinajstić information content (AvgIpc) is 3.01. The van der Waals surface area contributed by atoms with Crippen LogP contribution in [0.2, 0.25) is 0 Å². The molecule has 0 unspecified atom stereocenters. The van der Waals surface area contributed by atoms with E-state index in [1.54, 1.807) is 0 Å². The number of benzene rings is 3. The monoisotopic (exact) mass is 646 g/mol. The smallest absolute Gasteiger partial charge is 0.272 e. The zero-order valence-electron chi connectivity index (χ0n) is 23.7. The first-order valence-corrected chi connectivity index (χ1v) is 15.8. The van der Waals surface area contributed by atoms with Crippen LogP contribution in [0.3, 0.4) is 0 Å². The topological polar surface area (TPSA) is 103 Å². The molecule has 1 atom stereocenters. The molecule has 1 saturated heterocycles. The quantitative estimate of drug-likeness (QED) is 0.159. The molecule has 1 amide bonds. The lowest BCUT2D eigenvalue weighted by molar-refractivity contribution is -0.125. The van der Waals surface area contributed by atoms with E-state index in [0.29, 0.717) is 21.2 Å². The van der Waals surface area contributed by atoms with Crippen molar-refractivity contribution in [2.24, 2.45) is 0 Å². The van der Waals surface area contributed by atoms with E-state index in [-0.39, 0.29) is 30.6 Å². The number of carbonyl (C=O) groups is 1. The SMILES string of the molecule is O=C([C@H]1CCN1S(=O)(=O)c1c(F)c(F)c(F)c(F)c1F)N(Cc1ccc(C2CCCCC2)cc1)c1ccc2c(=O)[nH]ncc2c1. The van der Waals surface area contributed by atoms with Crippen LogP contribution in [0.25, 0.3) is 10.8 Å². The Morgan fingerprint density at radius 3 is 2.16 bits per heavy atom. The molecular weight excluding hydrogens is 619 g/mol. The molecular formula is C31H27F5N4O4S. The number of nitrogens with one attached hydrogen (secondary N) is 1. The summed E-state index contributed by atoms with van der Waals surface area (Å²) in [6.07, 6.45) is 6.99. The van der Waals surface area contributed by atoms with Gasteiger partial charge < -0.3 is 4.90 Å². The maximum Gasteiger partial charge on any atom is 0.272 e. The number of fused-ring (bicyclic) bond motifs is 1. The molecule has 0 spiro atoms. The van der Waals surface area contributed by atoms with Gasteiger partial charge in [0.05, 0.1) is 18.1 Å². The Labute approximate surface area is 254 Å². The summed E-state index contributed by atoms with van der Waals surface area (Å²) in [5, 5.41) is 6.78. The average molecular weight is 647 g/mol. The molecule has 1 N–H and O–H groups in total. The van der Waals surface area contributed by atoms with Gasteiger partial charge in [-0.05, 0) is 54.5 Å². The van der Waals surface area contributed by atoms with Gasteiger partial charge in [-0.2, -0.15) is 9.40 Å². The lowest BCUT2D eigenvalue weighted by Crippen LogP contribution is -2.59. The first-order chi connectivity index (χ1) is 21.5. The lowest BCUT2D eigenvalue weighted by Gasteiger charge is -2.41. The van der Waals surface area contributed by atoms with Gasteiger partial charge in [-0.15, -0.1) is 0 Å². The van der Waals surface area contributed by atoms with Gasteiger partial charge in [0.1, 0.15) is 6.04 Å². The second-order valence-electron chi connectivity index (χ2n) is 11.3. The molecule has 236 valence electrons. The summed E-state index contributed by atoms with van der Waals surface area (Å²) in [6, 6.07) is 10.7. The Morgan fingerprint density at radius 1 is 0.889 bits per heavy atom. The van der Waals surface area contributed by atoms with E-state index < -0.39 is 61.5 Å². The van der Waals surface area contributed by atoms with Gasteiger partial charge >= 0.3 is 0 Å². The minimum Gasteiger partial charge on any atom is -0.307 e. The first-order valence-electron chi connectivity index (χ1n) is 14.4. The summed E-state index contributed by atoms with van der Waals surface area (Å²) in [4.78, 5) is 25.5. The van der Waals surface area contributed by atoms with Gasteiger partial charge in [0.25, 0.3) is 5.56 Å². The van der Waals surface area contributed by atoms with Crippen molar-refractivity contribution >= 4 is 32.4 Å². The van der Waals surface area contributed by atoms with E-state index in [4.69, 9.17) is 0 Å². The predicted molar refractivity (Wildman–Crippen MR) is 154 cm³/mol. The molecule has 2 heterocycles. The highest BCUT2D eigenvalue weighted by molar-refractivity contribution is 7.89. The zero-order valence-corrected chi connectivity index (χ0v) is 24.5. The molecule has 1 aliphatic carbocycles. The van der Waals surface area contributed by atoms with Gasteiger partial charge in [0.15, 0.2) is 28.2 Å². The highest BCUT2D eigenvalue weighted by atomic mass is 32.2. The minimum atomic E-state index is -5.33. The Balaban J connectivity index is 1.35. The van der Waals surface area contributed by atoms with Gasteiger partial charge in [-0.25, -0.2) is 35.5 Å². The van der Waals surface area contributed by atoms with E-state index in [1.807, 2.05) is 24.3 Å². The van der Waals surface area contributed by atoms with Crippen molar-refractivity contribution < 1.29 is 35.2 Å². The molecule has 1 aliphatic heterocycles. The Hall–Kier alpha value is -4.17. The molecule has 14 heteroatoms. The van der Waals surface area contributed by atoms with Crippen LogP contribution in [-0.4, -0.2) is 41.4 Å². The highest BCUT2D eigenvalue weighted by Gasteiger charge is 2.48. The number of amides is 1. The fourth-order valence-electron chi connectivity index (χ4n) is 6.07. The number of hydrogen-bond acceptors (Lipinski definition) is 5. The van der Waals surface area contributed by atoms with E-state index in [1.165, 1.54) is 41.3 Å². The summed E-state index contributed by atoms with van der Waals surface area (Å²) < 4.78 is 97.6. The second-order valence-corrected chi connectivity index (χ2v) is 13.1. The van der Waals surface area contributed by atoms with Crippen molar-refractivity contribution in [2.75, 3.05) is 11.4 Å². The fraction of sp³-hybridized carbons (Fsp3) is 0.323. The number of H-pyrrole nitrogens is 1. The molecule has 3 aromatic carbocycles. The van der Waals surface area contributed by atoms with E-state index in [2.05, 4.69) is 10.2 Å². The van der Waals surface area contributed by atoms with Crippen LogP contribution in [0.4, 0.5) is 27.6 Å². The number of anilines is 1. The number of aromatic amines is 1. The number of nitrogens with zero attached hydrogens (tertiary/aromatic N) is 3. The summed E-state index contributed by atoms with van der Waals surface area (Å²) in [5.74, 6) is -12.7. The first kappa shape index (κ1) is 30.8. The molecule has 0 radical (unpaired) electrons. The van der Waals surface area contributed by atoms with Crippen LogP contribution in [-0.2, 0) is 21.4 Å². The van der Waals surface area contributed by atoms with Crippen molar-refractivity contribution in [2.45, 2.75) is 61.9 Å². The maximum absolute atomic E-state index is 14.6. The fourth-order valence-corrected chi connectivity index (χ4v) is 7.81. The molecule has 1 saturated carbocycles. The van der Waals surface area contributed by atoms with Crippen molar-refractivity contribution in [1.82, 2.24) is 14.5 Å². The normalized spacial score (nSPS) is 17.8. The second kappa shape index (κ2) is 12.0. The van der Waals surface area contributed by atoms with Crippen molar-refractivity contribution in [3.63, 3.8) is 0 Å². The van der Waals surface area contributed by atoms with Crippen molar-refractivity contribution in [1.29, 1.82) is 0 Å². The number of sulfonamides is 1. The summed E-state index contributed by atoms with van der Waals surface area (Å²) in [7, 11) is -5.33. The number of hydrogen-bond donors (Lipinski definition) is 1. The van der Waals surface area contributed by atoms with Crippen molar-refractivity contribution in [3.05, 3.63) is 99.2 Å². The minimum absolute atomic E-state index is 0.0428. The van der Waals surface area contributed by atoms with Crippen LogP contribution in [0, 0.1) is 29.1 Å². The zero-order chi connectivity index (χ0) is 32.0. The number of halogens is 5. The summed E-state index contributed by atoms with van der Waals surface area (Å²) in [5.41, 5.74) is 1.68. The lowest BCUT2D eigenvalue weighted by atomic mass is 9.84. The van der Waals surface area contributed by atoms with Gasteiger partial charge in [-0.3, -0.25) is 9.59 Å². The summed E-state index contributed by atoms with van der Waals surface area (Å²) in [6.45, 7) is -0.433. The third-order valence-electron chi connectivity index (χ3n) is 8.62. The van der Waals surface area contributed by atoms with Crippen molar-refractivity contribution in [3.8, 4) is 0 Å². The Kier molecular flexibility index (Phi) is 8.20. The van der Waals surface area contributed by atoms with Crippen LogP contribution < -0.4 is 10.5 Å².